The summed E-state index contributed by atoms with van der Waals surface area (Å²) in [6.07, 6.45) is 0. The fourth-order valence-electron chi connectivity index (χ4n) is 1.44. The number of benzene rings is 1. The monoisotopic (exact) mass is 303 g/mol. The van der Waals surface area contributed by atoms with Crippen LogP contribution in [0.4, 0.5) is 5.69 Å². The molecule has 0 atom stereocenters. The highest BCUT2D eigenvalue weighted by Gasteiger charge is 2.32. The van der Waals surface area contributed by atoms with E-state index in [0.29, 0.717) is 5.41 Å². The lowest BCUT2D eigenvalue weighted by Crippen LogP contribution is -2.45. The van der Waals surface area contributed by atoms with E-state index in [2.05, 4.69) is 59.1 Å². The summed E-state index contributed by atoms with van der Waals surface area (Å²) >= 11 is 2.31. The van der Waals surface area contributed by atoms with E-state index in [9.17, 15) is 0 Å². The molecule has 3 heteroatoms. The standard InChI is InChI=1S/C11H14INO/c1-11(7-14-8-11)6-13-10-4-2-9(12)3-5-10/h2-5,13H,6-8H2,1H3. The summed E-state index contributed by atoms with van der Waals surface area (Å²) in [4.78, 5) is 0. The first kappa shape index (κ1) is 10.2. The Morgan fingerprint density at radius 3 is 2.50 bits per heavy atom. The normalized spacial score (nSPS) is 18.7. The third-order valence-electron chi connectivity index (χ3n) is 2.46. The number of rotatable bonds is 3. The molecular formula is C11H14INO. The lowest BCUT2D eigenvalue weighted by molar-refractivity contribution is -0.0924. The van der Waals surface area contributed by atoms with Crippen molar-refractivity contribution in [2.75, 3.05) is 25.1 Å². The van der Waals surface area contributed by atoms with Gasteiger partial charge in [-0.1, -0.05) is 6.92 Å². The van der Waals surface area contributed by atoms with E-state index in [4.69, 9.17) is 4.74 Å². The van der Waals surface area contributed by atoms with Gasteiger partial charge >= 0.3 is 0 Å². The third kappa shape index (κ3) is 2.39. The van der Waals surface area contributed by atoms with Gasteiger partial charge in [0.1, 0.15) is 0 Å². The molecule has 76 valence electrons. The summed E-state index contributed by atoms with van der Waals surface area (Å²) < 4.78 is 6.47. The van der Waals surface area contributed by atoms with Crippen molar-refractivity contribution in [1.29, 1.82) is 0 Å². The van der Waals surface area contributed by atoms with E-state index in [1.807, 2.05) is 0 Å². The van der Waals surface area contributed by atoms with E-state index in [1.54, 1.807) is 0 Å². The maximum Gasteiger partial charge on any atom is 0.0559 e. The molecule has 1 fully saturated rings. The van der Waals surface area contributed by atoms with Gasteiger partial charge in [-0.2, -0.15) is 0 Å². The maximum atomic E-state index is 5.20. The molecular weight excluding hydrogens is 289 g/mol. The number of anilines is 1. The molecule has 2 nitrogen and oxygen atoms in total. The van der Waals surface area contributed by atoms with E-state index in [-0.39, 0.29) is 0 Å². The van der Waals surface area contributed by atoms with Gasteiger partial charge in [0, 0.05) is 21.2 Å². The van der Waals surface area contributed by atoms with Gasteiger partial charge < -0.3 is 10.1 Å². The Labute approximate surface area is 98.2 Å². The Morgan fingerprint density at radius 1 is 1.36 bits per heavy atom. The highest BCUT2D eigenvalue weighted by Crippen LogP contribution is 2.26. The zero-order valence-corrected chi connectivity index (χ0v) is 10.4. The predicted molar refractivity (Wildman–Crippen MR) is 66.6 cm³/mol. The molecule has 0 spiro atoms. The first-order chi connectivity index (χ1) is 6.68. The van der Waals surface area contributed by atoms with E-state index >= 15 is 0 Å². The third-order valence-corrected chi connectivity index (χ3v) is 3.18. The molecule has 1 N–H and O–H groups in total. The van der Waals surface area contributed by atoms with Crippen molar-refractivity contribution in [3.8, 4) is 0 Å². The van der Waals surface area contributed by atoms with Crippen LogP contribution in [0.3, 0.4) is 0 Å². The Morgan fingerprint density at radius 2 is 2.00 bits per heavy atom. The summed E-state index contributed by atoms with van der Waals surface area (Å²) in [6.45, 7) is 5.00. The summed E-state index contributed by atoms with van der Waals surface area (Å²) in [5, 5.41) is 3.43. The molecule has 1 aliphatic heterocycles. The Balaban J connectivity index is 1.88. The van der Waals surface area contributed by atoms with Crippen LogP contribution in [-0.2, 0) is 4.74 Å². The molecule has 1 aromatic rings. The van der Waals surface area contributed by atoms with Gasteiger partial charge in [-0.25, -0.2) is 0 Å². The smallest absolute Gasteiger partial charge is 0.0559 e. The maximum absolute atomic E-state index is 5.20. The van der Waals surface area contributed by atoms with Crippen LogP contribution >= 0.6 is 22.6 Å². The van der Waals surface area contributed by atoms with Crippen LogP contribution in [-0.4, -0.2) is 19.8 Å². The molecule has 0 aromatic heterocycles. The molecule has 1 heterocycles. The van der Waals surface area contributed by atoms with Crippen molar-refractivity contribution in [3.63, 3.8) is 0 Å². The van der Waals surface area contributed by atoms with Crippen LogP contribution in [0.25, 0.3) is 0 Å². The summed E-state index contributed by atoms with van der Waals surface area (Å²) in [7, 11) is 0. The van der Waals surface area contributed by atoms with Gasteiger partial charge in [-0.15, -0.1) is 0 Å². The average molecular weight is 303 g/mol. The lowest BCUT2D eigenvalue weighted by Gasteiger charge is -2.38. The van der Waals surface area contributed by atoms with Gasteiger partial charge in [0.2, 0.25) is 0 Å². The second-order valence-corrected chi connectivity index (χ2v) is 5.41. The van der Waals surface area contributed by atoms with Crippen molar-refractivity contribution in [1.82, 2.24) is 0 Å². The summed E-state index contributed by atoms with van der Waals surface area (Å²) in [6, 6.07) is 8.46. The minimum Gasteiger partial charge on any atom is -0.384 e. The van der Waals surface area contributed by atoms with E-state index in [0.717, 1.165) is 19.8 Å². The molecule has 1 aromatic carbocycles. The van der Waals surface area contributed by atoms with Gasteiger partial charge in [-0.05, 0) is 46.9 Å². The van der Waals surface area contributed by atoms with Gasteiger partial charge in [0.25, 0.3) is 0 Å². The van der Waals surface area contributed by atoms with Crippen LogP contribution in [0.5, 0.6) is 0 Å². The van der Waals surface area contributed by atoms with Crippen molar-refractivity contribution >= 4 is 28.3 Å². The number of hydrogen-bond donors (Lipinski definition) is 1. The van der Waals surface area contributed by atoms with Gasteiger partial charge in [0.15, 0.2) is 0 Å². The molecule has 0 aliphatic carbocycles. The summed E-state index contributed by atoms with van der Waals surface area (Å²) in [5.74, 6) is 0. The molecule has 0 amide bonds. The zero-order chi connectivity index (χ0) is 10.0. The van der Waals surface area contributed by atoms with Crippen molar-refractivity contribution in [2.45, 2.75) is 6.92 Å². The lowest BCUT2D eigenvalue weighted by atomic mass is 9.89. The fourth-order valence-corrected chi connectivity index (χ4v) is 1.80. The van der Waals surface area contributed by atoms with Gasteiger partial charge in [-0.3, -0.25) is 0 Å². The fraction of sp³-hybridized carbons (Fsp3) is 0.455. The predicted octanol–water partition coefficient (Wildman–Crippen LogP) is 2.74. The molecule has 0 saturated carbocycles. The SMILES string of the molecule is CC1(CNc2ccc(I)cc2)COC1. The molecule has 0 bridgehead atoms. The largest absolute Gasteiger partial charge is 0.384 e. The van der Waals surface area contributed by atoms with Crippen LogP contribution in [0.2, 0.25) is 0 Å². The number of halogens is 1. The van der Waals surface area contributed by atoms with Crippen molar-refractivity contribution < 1.29 is 4.74 Å². The molecule has 0 radical (unpaired) electrons. The first-order valence-corrected chi connectivity index (χ1v) is 5.83. The molecule has 0 unspecified atom stereocenters. The number of hydrogen-bond acceptors (Lipinski definition) is 2. The highest BCUT2D eigenvalue weighted by molar-refractivity contribution is 14.1. The molecule has 1 saturated heterocycles. The molecule has 1 aliphatic rings. The Hall–Kier alpha value is -0.290. The van der Waals surface area contributed by atoms with Gasteiger partial charge in [0.05, 0.1) is 13.2 Å². The van der Waals surface area contributed by atoms with Crippen LogP contribution < -0.4 is 5.32 Å². The van der Waals surface area contributed by atoms with Crippen LogP contribution in [0.1, 0.15) is 6.92 Å². The zero-order valence-electron chi connectivity index (χ0n) is 8.22. The van der Waals surface area contributed by atoms with E-state index in [1.165, 1.54) is 9.26 Å². The van der Waals surface area contributed by atoms with Crippen molar-refractivity contribution in [3.05, 3.63) is 27.8 Å². The average Bonchev–Trinajstić information content (AvgIpc) is 2.14. The minimum absolute atomic E-state index is 0.336. The Kier molecular flexibility index (Phi) is 2.97. The topological polar surface area (TPSA) is 21.3 Å². The van der Waals surface area contributed by atoms with Crippen LogP contribution in [0, 0.1) is 8.99 Å². The van der Waals surface area contributed by atoms with Crippen LogP contribution in [0.15, 0.2) is 24.3 Å². The second kappa shape index (κ2) is 4.06. The summed E-state index contributed by atoms with van der Waals surface area (Å²) in [5.41, 5.74) is 1.53. The minimum atomic E-state index is 0.336. The molecule has 14 heavy (non-hydrogen) atoms. The van der Waals surface area contributed by atoms with Crippen molar-refractivity contribution in [2.24, 2.45) is 5.41 Å². The second-order valence-electron chi connectivity index (χ2n) is 4.16. The molecule has 2 rings (SSSR count). The number of nitrogens with one attached hydrogen (secondary N) is 1. The Bertz CT molecular complexity index is 306. The number of ether oxygens (including phenoxy) is 1. The first-order valence-electron chi connectivity index (χ1n) is 4.75. The highest BCUT2D eigenvalue weighted by atomic mass is 127. The van der Waals surface area contributed by atoms with E-state index < -0.39 is 0 Å². The quantitative estimate of drug-likeness (QED) is 0.867.